The molecule has 2 aliphatic carbocycles. The van der Waals surface area contributed by atoms with E-state index in [2.05, 4.69) is 12.2 Å². The van der Waals surface area contributed by atoms with Crippen molar-refractivity contribution >= 4 is 15.9 Å². The fourth-order valence-electron chi connectivity index (χ4n) is 4.73. The number of carbonyl (C=O) groups excluding carboxylic acids is 1. The zero-order valence-corrected chi connectivity index (χ0v) is 17.2. The Morgan fingerprint density at radius 3 is 2.42 bits per heavy atom. The number of carbonyl (C=O) groups is 1. The van der Waals surface area contributed by atoms with E-state index in [4.69, 9.17) is 0 Å². The molecule has 0 spiro atoms. The Morgan fingerprint density at radius 1 is 1.19 bits per heavy atom. The highest BCUT2D eigenvalue weighted by atomic mass is 32.2. The minimum atomic E-state index is -3.58. The molecule has 0 saturated heterocycles. The molecular weight excluding hydrogens is 348 g/mol. The van der Waals surface area contributed by atoms with E-state index in [0.29, 0.717) is 17.0 Å². The first-order chi connectivity index (χ1) is 12.1. The molecule has 144 valence electrons. The van der Waals surface area contributed by atoms with Gasteiger partial charge in [0.2, 0.25) is 10.0 Å². The van der Waals surface area contributed by atoms with Crippen molar-refractivity contribution in [2.75, 3.05) is 14.1 Å². The standard InChI is InChI=1S/C20H30N2O3S/c1-12-8-17(11-19(13(12)2)26(24,25)22(4)5)20(23)21-14(3)18-10-15-6-7-16(18)9-15/h8,11,14-16,18H,6-7,9-10H2,1-5H3,(H,21,23). The van der Waals surface area contributed by atoms with Crippen molar-refractivity contribution in [1.29, 1.82) is 0 Å². The van der Waals surface area contributed by atoms with Crippen molar-refractivity contribution in [3.8, 4) is 0 Å². The molecule has 1 aromatic rings. The zero-order chi connectivity index (χ0) is 19.2. The van der Waals surface area contributed by atoms with Crippen LogP contribution in [0.2, 0.25) is 0 Å². The van der Waals surface area contributed by atoms with Crippen molar-refractivity contribution in [2.45, 2.75) is 57.4 Å². The number of sulfonamides is 1. The molecule has 2 bridgehead atoms. The van der Waals surface area contributed by atoms with Crippen LogP contribution in [0.5, 0.6) is 0 Å². The van der Waals surface area contributed by atoms with E-state index >= 15 is 0 Å². The van der Waals surface area contributed by atoms with Crippen LogP contribution < -0.4 is 5.32 Å². The highest BCUT2D eigenvalue weighted by Gasteiger charge is 2.42. The molecule has 0 aliphatic heterocycles. The second kappa shape index (κ2) is 6.97. The summed E-state index contributed by atoms with van der Waals surface area (Å²) in [6.07, 6.45) is 5.13. The molecule has 4 unspecified atom stereocenters. The molecule has 4 atom stereocenters. The number of fused-ring (bicyclic) bond motifs is 2. The minimum Gasteiger partial charge on any atom is -0.349 e. The molecule has 0 radical (unpaired) electrons. The topological polar surface area (TPSA) is 66.5 Å². The molecule has 3 rings (SSSR count). The molecular formula is C20H30N2O3S. The molecule has 2 aliphatic rings. The van der Waals surface area contributed by atoms with Crippen molar-refractivity contribution < 1.29 is 13.2 Å². The highest BCUT2D eigenvalue weighted by Crippen LogP contribution is 2.49. The number of aryl methyl sites for hydroxylation is 1. The minimum absolute atomic E-state index is 0.119. The lowest BCUT2D eigenvalue weighted by Gasteiger charge is -2.28. The first-order valence-electron chi connectivity index (χ1n) is 9.46. The van der Waals surface area contributed by atoms with Gasteiger partial charge in [-0.1, -0.05) is 6.42 Å². The largest absolute Gasteiger partial charge is 0.349 e. The Hall–Kier alpha value is -1.40. The zero-order valence-electron chi connectivity index (χ0n) is 16.4. The lowest BCUT2D eigenvalue weighted by atomic mass is 9.84. The summed E-state index contributed by atoms with van der Waals surface area (Å²) in [4.78, 5) is 13.0. The molecule has 26 heavy (non-hydrogen) atoms. The number of amides is 1. The van der Waals surface area contributed by atoms with Gasteiger partial charge in [-0.25, -0.2) is 12.7 Å². The Bertz CT molecular complexity index is 817. The van der Waals surface area contributed by atoms with Crippen LogP contribution in [0.15, 0.2) is 17.0 Å². The van der Waals surface area contributed by atoms with Gasteiger partial charge in [0.05, 0.1) is 4.90 Å². The molecule has 2 saturated carbocycles. The van der Waals surface area contributed by atoms with Crippen LogP contribution in [-0.4, -0.2) is 38.8 Å². The highest BCUT2D eigenvalue weighted by molar-refractivity contribution is 7.89. The van der Waals surface area contributed by atoms with Crippen LogP contribution in [0.4, 0.5) is 0 Å². The van der Waals surface area contributed by atoms with Gasteiger partial charge in [0.15, 0.2) is 0 Å². The Kier molecular flexibility index (Phi) is 5.19. The van der Waals surface area contributed by atoms with Gasteiger partial charge in [0.25, 0.3) is 5.91 Å². The molecule has 5 nitrogen and oxygen atoms in total. The monoisotopic (exact) mass is 378 g/mol. The van der Waals surface area contributed by atoms with Gasteiger partial charge in [0.1, 0.15) is 0 Å². The van der Waals surface area contributed by atoms with Crippen LogP contribution in [0.1, 0.15) is 54.1 Å². The summed E-state index contributed by atoms with van der Waals surface area (Å²) >= 11 is 0. The Balaban J connectivity index is 1.82. The van der Waals surface area contributed by atoms with Gasteiger partial charge in [-0.05, 0) is 81.0 Å². The number of nitrogens with zero attached hydrogens (tertiary/aromatic N) is 1. The van der Waals surface area contributed by atoms with Gasteiger partial charge in [-0.2, -0.15) is 0 Å². The van der Waals surface area contributed by atoms with Crippen molar-refractivity contribution in [3.63, 3.8) is 0 Å². The Labute approximate surface area is 157 Å². The third kappa shape index (κ3) is 3.41. The maximum Gasteiger partial charge on any atom is 0.251 e. The van der Waals surface area contributed by atoms with E-state index in [0.717, 1.165) is 17.4 Å². The van der Waals surface area contributed by atoms with Gasteiger partial charge in [0, 0.05) is 25.7 Å². The van der Waals surface area contributed by atoms with Gasteiger partial charge < -0.3 is 5.32 Å². The molecule has 0 aromatic heterocycles. The van der Waals surface area contributed by atoms with Crippen LogP contribution >= 0.6 is 0 Å². The average molecular weight is 379 g/mol. The van der Waals surface area contributed by atoms with Crippen molar-refractivity contribution in [2.24, 2.45) is 17.8 Å². The third-order valence-electron chi connectivity index (χ3n) is 6.43. The van der Waals surface area contributed by atoms with Crippen molar-refractivity contribution in [1.82, 2.24) is 9.62 Å². The molecule has 1 N–H and O–H groups in total. The smallest absolute Gasteiger partial charge is 0.251 e. The van der Waals surface area contributed by atoms with Crippen LogP contribution in [0.3, 0.4) is 0 Å². The van der Waals surface area contributed by atoms with E-state index in [1.807, 2.05) is 6.92 Å². The van der Waals surface area contributed by atoms with Crippen LogP contribution in [-0.2, 0) is 10.0 Å². The van der Waals surface area contributed by atoms with E-state index in [1.54, 1.807) is 13.0 Å². The normalized spacial score (nSPS) is 26.3. The van der Waals surface area contributed by atoms with Gasteiger partial charge in [-0.3, -0.25) is 4.79 Å². The van der Waals surface area contributed by atoms with E-state index in [1.165, 1.54) is 50.2 Å². The summed E-state index contributed by atoms with van der Waals surface area (Å²) in [5.41, 5.74) is 1.92. The number of hydrogen-bond acceptors (Lipinski definition) is 3. The molecule has 6 heteroatoms. The SMILES string of the molecule is Cc1cc(C(=O)NC(C)C2CC3CCC2C3)cc(S(=O)(=O)N(C)C)c1C. The predicted octanol–water partition coefficient (Wildman–Crippen LogP) is 3.11. The quantitative estimate of drug-likeness (QED) is 0.856. The lowest BCUT2D eigenvalue weighted by Crippen LogP contribution is -2.40. The number of hydrogen-bond donors (Lipinski definition) is 1. The number of nitrogens with one attached hydrogen (secondary N) is 1. The lowest BCUT2D eigenvalue weighted by molar-refractivity contribution is 0.0915. The molecule has 2 fully saturated rings. The first kappa shape index (κ1) is 19.4. The average Bonchev–Trinajstić information content (AvgIpc) is 3.19. The van der Waals surface area contributed by atoms with E-state index < -0.39 is 10.0 Å². The maximum absolute atomic E-state index is 12.8. The third-order valence-corrected chi connectivity index (χ3v) is 8.38. The van der Waals surface area contributed by atoms with Crippen molar-refractivity contribution in [3.05, 3.63) is 28.8 Å². The molecule has 1 aromatic carbocycles. The summed E-state index contributed by atoms with van der Waals surface area (Å²) in [6.45, 7) is 5.72. The summed E-state index contributed by atoms with van der Waals surface area (Å²) in [7, 11) is -0.568. The summed E-state index contributed by atoms with van der Waals surface area (Å²) in [6, 6.07) is 3.42. The Morgan fingerprint density at radius 2 is 1.88 bits per heavy atom. The predicted molar refractivity (Wildman–Crippen MR) is 103 cm³/mol. The fourth-order valence-corrected chi connectivity index (χ4v) is 5.94. The van der Waals surface area contributed by atoms with Crippen LogP contribution in [0, 0.1) is 31.6 Å². The summed E-state index contributed by atoms with van der Waals surface area (Å²) in [5, 5.41) is 3.13. The number of benzene rings is 1. The molecule has 1 amide bonds. The van der Waals surface area contributed by atoms with Crippen LogP contribution in [0.25, 0.3) is 0 Å². The van der Waals surface area contributed by atoms with Gasteiger partial charge in [-0.15, -0.1) is 0 Å². The first-order valence-corrected chi connectivity index (χ1v) is 10.9. The molecule has 0 heterocycles. The van der Waals surface area contributed by atoms with E-state index in [9.17, 15) is 13.2 Å². The summed E-state index contributed by atoms with van der Waals surface area (Å²) < 4.78 is 26.4. The maximum atomic E-state index is 12.8. The second-order valence-corrected chi connectivity index (χ2v) is 10.4. The van der Waals surface area contributed by atoms with Gasteiger partial charge >= 0.3 is 0 Å². The number of rotatable bonds is 5. The second-order valence-electron chi connectivity index (χ2n) is 8.30. The van der Waals surface area contributed by atoms with E-state index in [-0.39, 0.29) is 16.8 Å². The fraction of sp³-hybridized carbons (Fsp3) is 0.650. The summed E-state index contributed by atoms with van der Waals surface area (Å²) in [5.74, 6) is 1.94.